The Bertz CT molecular complexity index is 562. The molecule has 1 aliphatic carbocycles. The molecule has 3 rings (SSSR count). The first-order chi connectivity index (χ1) is 10.6. The zero-order valence-corrected chi connectivity index (χ0v) is 12.9. The third-order valence-corrected chi connectivity index (χ3v) is 4.56. The molecule has 2 aliphatic rings. The fourth-order valence-electron chi connectivity index (χ4n) is 3.26. The standard InChI is InChI=1S/C17H22N2O3/c1-13-5-7-14(8-6-13)22-12-11-19-15(20)17(18-16(19)21)9-3-2-4-10-17/h5-8H,2-4,9-12H2,1H3,(H,18,21). The molecule has 2 fully saturated rings. The Hall–Kier alpha value is -2.04. The average Bonchev–Trinajstić information content (AvgIpc) is 2.74. The number of carbonyl (C=O) groups excluding carboxylic acids is 2. The molecule has 0 bridgehead atoms. The number of nitrogens with zero attached hydrogens (tertiary/aromatic N) is 1. The van der Waals surface area contributed by atoms with Gasteiger partial charge in [0, 0.05) is 0 Å². The van der Waals surface area contributed by atoms with E-state index in [1.807, 2.05) is 31.2 Å². The van der Waals surface area contributed by atoms with Crippen LogP contribution in [0.2, 0.25) is 0 Å². The van der Waals surface area contributed by atoms with Crippen molar-refractivity contribution in [3.05, 3.63) is 29.8 Å². The van der Waals surface area contributed by atoms with E-state index in [4.69, 9.17) is 4.74 Å². The Kier molecular flexibility index (Phi) is 4.05. The van der Waals surface area contributed by atoms with E-state index in [-0.39, 0.29) is 11.9 Å². The largest absolute Gasteiger partial charge is 0.492 e. The Morgan fingerprint density at radius 1 is 1.14 bits per heavy atom. The summed E-state index contributed by atoms with van der Waals surface area (Å²) in [7, 11) is 0. The summed E-state index contributed by atoms with van der Waals surface area (Å²) in [5, 5.41) is 2.91. The van der Waals surface area contributed by atoms with Gasteiger partial charge in [0.15, 0.2) is 0 Å². The van der Waals surface area contributed by atoms with Crippen molar-refractivity contribution < 1.29 is 14.3 Å². The Labute approximate surface area is 130 Å². The van der Waals surface area contributed by atoms with E-state index in [9.17, 15) is 9.59 Å². The van der Waals surface area contributed by atoms with E-state index < -0.39 is 5.54 Å². The van der Waals surface area contributed by atoms with E-state index >= 15 is 0 Å². The summed E-state index contributed by atoms with van der Waals surface area (Å²) in [5.41, 5.74) is 0.528. The van der Waals surface area contributed by atoms with Gasteiger partial charge >= 0.3 is 6.03 Å². The van der Waals surface area contributed by atoms with Crippen LogP contribution in [0.5, 0.6) is 5.75 Å². The Morgan fingerprint density at radius 3 is 2.50 bits per heavy atom. The zero-order chi connectivity index (χ0) is 15.6. The monoisotopic (exact) mass is 302 g/mol. The molecule has 22 heavy (non-hydrogen) atoms. The third-order valence-electron chi connectivity index (χ3n) is 4.56. The minimum Gasteiger partial charge on any atom is -0.492 e. The van der Waals surface area contributed by atoms with Crippen LogP contribution in [-0.2, 0) is 4.79 Å². The van der Waals surface area contributed by atoms with Crippen LogP contribution in [0.15, 0.2) is 24.3 Å². The Morgan fingerprint density at radius 2 is 1.82 bits per heavy atom. The molecule has 1 saturated heterocycles. The Balaban J connectivity index is 1.57. The molecule has 1 aromatic carbocycles. The predicted octanol–water partition coefficient (Wildman–Crippen LogP) is 2.63. The summed E-state index contributed by atoms with van der Waals surface area (Å²) in [5.74, 6) is 0.676. The highest BCUT2D eigenvalue weighted by atomic mass is 16.5. The number of urea groups is 1. The van der Waals surface area contributed by atoms with Crippen molar-refractivity contribution in [2.75, 3.05) is 13.2 Å². The van der Waals surface area contributed by atoms with E-state index in [1.165, 1.54) is 10.5 Å². The molecule has 5 nitrogen and oxygen atoms in total. The SMILES string of the molecule is Cc1ccc(OCCN2C(=O)NC3(CCCCC3)C2=O)cc1. The normalized spacial score (nSPS) is 20.3. The predicted molar refractivity (Wildman–Crippen MR) is 82.7 cm³/mol. The van der Waals surface area contributed by atoms with Crippen molar-refractivity contribution in [3.63, 3.8) is 0 Å². The number of amides is 3. The van der Waals surface area contributed by atoms with Gasteiger partial charge in [-0.05, 0) is 31.9 Å². The van der Waals surface area contributed by atoms with Gasteiger partial charge in [-0.2, -0.15) is 0 Å². The van der Waals surface area contributed by atoms with Crippen molar-refractivity contribution in [1.29, 1.82) is 0 Å². The molecule has 5 heteroatoms. The molecule has 1 aliphatic heterocycles. The van der Waals surface area contributed by atoms with Crippen molar-refractivity contribution in [1.82, 2.24) is 10.2 Å². The molecular formula is C17H22N2O3. The van der Waals surface area contributed by atoms with Gasteiger partial charge in [-0.25, -0.2) is 4.79 Å². The third kappa shape index (κ3) is 2.80. The quantitative estimate of drug-likeness (QED) is 0.870. The van der Waals surface area contributed by atoms with E-state index in [0.29, 0.717) is 13.2 Å². The first-order valence-electron chi connectivity index (χ1n) is 7.94. The number of carbonyl (C=O) groups is 2. The molecule has 0 aromatic heterocycles. The lowest BCUT2D eigenvalue weighted by Gasteiger charge is -2.30. The molecule has 1 spiro atoms. The van der Waals surface area contributed by atoms with Gasteiger partial charge in [-0.1, -0.05) is 37.0 Å². The lowest BCUT2D eigenvalue weighted by Crippen LogP contribution is -2.48. The van der Waals surface area contributed by atoms with Gasteiger partial charge in [-0.3, -0.25) is 9.69 Å². The maximum Gasteiger partial charge on any atom is 0.325 e. The summed E-state index contributed by atoms with van der Waals surface area (Å²) < 4.78 is 5.62. The second kappa shape index (κ2) is 5.99. The topological polar surface area (TPSA) is 58.6 Å². The fourth-order valence-corrected chi connectivity index (χ4v) is 3.26. The molecule has 0 unspecified atom stereocenters. The van der Waals surface area contributed by atoms with E-state index in [0.717, 1.165) is 37.9 Å². The van der Waals surface area contributed by atoms with Gasteiger partial charge in [0.1, 0.15) is 17.9 Å². The summed E-state index contributed by atoms with van der Waals surface area (Å²) in [6, 6.07) is 7.45. The second-order valence-corrected chi connectivity index (χ2v) is 6.19. The van der Waals surface area contributed by atoms with Gasteiger partial charge < -0.3 is 10.1 Å². The smallest absolute Gasteiger partial charge is 0.325 e. The van der Waals surface area contributed by atoms with Gasteiger partial charge in [0.05, 0.1) is 6.54 Å². The minimum atomic E-state index is -0.640. The van der Waals surface area contributed by atoms with Gasteiger partial charge in [0.2, 0.25) is 0 Å². The summed E-state index contributed by atoms with van der Waals surface area (Å²) >= 11 is 0. The number of benzene rings is 1. The van der Waals surface area contributed by atoms with Crippen LogP contribution in [0.3, 0.4) is 0 Å². The zero-order valence-electron chi connectivity index (χ0n) is 12.9. The molecule has 0 radical (unpaired) electrons. The molecule has 1 N–H and O–H groups in total. The number of imide groups is 1. The van der Waals surface area contributed by atoms with Crippen LogP contribution in [0.4, 0.5) is 4.79 Å². The summed E-state index contributed by atoms with van der Waals surface area (Å²) in [4.78, 5) is 26.0. The molecule has 1 heterocycles. The van der Waals surface area contributed by atoms with Crippen LogP contribution >= 0.6 is 0 Å². The number of ether oxygens (including phenoxy) is 1. The van der Waals surface area contributed by atoms with Crippen LogP contribution < -0.4 is 10.1 Å². The van der Waals surface area contributed by atoms with E-state index in [2.05, 4.69) is 5.32 Å². The summed E-state index contributed by atoms with van der Waals surface area (Å²) in [6.45, 7) is 2.62. The molecule has 1 aromatic rings. The molecular weight excluding hydrogens is 280 g/mol. The molecule has 118 valence electrons. The molecule has 3 amide bonds. The maximum atomic E-state index is 12.6. The highest BCUT2D eigenvalue weighted by molar-refractivity contribution is 6.07. The van der Waals surface area contributed by atoms with Crippen molar-refractivity contribution in [3.8, 4) is 5.75 Å². The number of aryl methyl sites for hydroxylation is 1. The first-order valence-corrected chi connectivity index (χ1v) is 7.94. The molecule has 0 atom stereocenters. The summed E-state index contributed by atoms with van der Waals surface area (Å²) in [6.07, 6.45) is 4.65. The first kappa shape index (κ1) is 14.9. The van der Waals surface area contributed by atoms with E-state index in [1.54, 1.807) is 0 Å². The highest BCUT2D eigenvalue weighted by Gasteiger charge is 2.50. The van der Waals surface area contributed by atoms with Crippen LogP contribution in [-0.4, -0.2) is 35.5 Å². The van der Waals surface area contributed by atoms with Crippen LogP contribution in [0.25, 0.3) is 0 Å². The minimum absolute atomic E-state index is 0.0790. The average molecular weight is 302 g/mol. The van der Waals surface area contributed by atoms with Gasteiger partial charge in [-0.15, -0.1) is 0 Å². The second-order valence-electron chi connectivity index (χ2n) is 6.19. The fraction of sp³-hybridized carbons (Fsp3) is 0.529. The van der Waals surface area contributed by atoms with Crippen molar-refractivity contribution in [2.45, 2.75) is 44.6 Å². The number of hydrogen-bond acceptors (Lipinski definition) is 3. The van der Waals surface area contributed by atoms with Crippen LogP contribution in [0.1, 0.15) is 37.7 Å². The van der Waals surface area contributed by atoms with Crippen LogP contribution in [0, 0.1) is 6.92 Å². The van der Waals surface area contributed by atoms with Gasteiger partial charge in [0.25, 0.3) is 5.91 Å². The number of rotatable bonds is 4. The number of hydrogen-bond donors (Lipinski definition) is 1. The highest BCUT2D eigenvalue weighted by Crippen LogP contribution is 2.33. The van der Waals surface area contributed by atoms with Crippen molar-refractivity contribution in [2.24, 2.45) is 0 Å². The molecule has 1 saturated carbocycles. The van der Waals surface area contributed by atoms with Crippen molar-refractivity contribution >= 4 is 11.9 Å². The number of nitrogens with one attached hydrogen (secondary N) is 1. The lowest BCUT2D eigenvalue weighted by atomic mass is 9.82. The maximum absolute atomic E-state index is 12.6. The lowest BCUT2D eigenvalue weighted by molar-refractivity contribution is -0.132.